The van der Waals surface area contributed by atoms with Gasteiger partial charge in [-0.05, 0) is 5.53 Å². The van der Waals surface area contributed by atoms with Crippen molar-refractivity contribution >= 4 is 6.03 Å². The van der Waals surface area contributed by atoms with Gasteiger partial charge >= 0.3 is 18.6 Å². The van der Waals surface area contributed by atoms with Gasteiger partial charge in [-0.15, -0.1) is 26.3 Å². The van der Waals surface area contributed by atoms with Crippen LogP contribution in [0.15, 0.2) is 5.11 Å². The molecule has 11 heteroatoms. The Morgan fingerprint density at radius 3 is 1.71 bits per heavy atom. The Kier molecular flexibility index (Phi) is 3.19. The molecule has 0 atom stereocenters. The van der Waals surface area contributed by atoms with E-state index in [-0.39, 0.29) is 0 Å². The summed E-state index contributed by atoms with van der Waals surface area (Å²) < 4.78 is 69.5. The second-order valence-electron chi connectivity index (χ2n) is 1.74. The monoisotopic (exact) mass is 222 g/mol. The summed E-state index contributed by atoms with van der Waals surface area (Å²) in [5.74, 6) is 0. The molecular weight excluding hydrogens is 222 g/mol. The first-order chi connectivity index (χ1) is 6.10. The minimum absolute atomic E-state index is 1.52. The van der Waals surface area contributed by atoms with Gasteiger partial charge in [0.2, 0.25) is 0 Å². The maximum atomic E-state index is 11.6. The molecule has 0 aliphatic heterocycles. The predicted octanol–water partition coefficient (Wildman–Crippen LogP) is 2.76. The van der Waals surface area contributed by atoms with Gasteiger partial charge in [0.05, 0.1) is 0 Å². The lowest BCUT2D eigenvalue weighted by atomic mass is 10.7. The summed E-state index contributed by atoms with van der Waals surface area (Å²) in [6, 6.07) is -2.78. The van der Waals surface area contributed by atoms with E-state index in [2.05, 4.69) is 0 Å². The zero-order valence-corrected chi connectivity index (χ0v) is 5.96. The highest BCUT2D eigenvalue weighted by atomic mass is 19.4. The molecule has 14 heavy (non-hydrogen) atoms. The first-order valence-corrected chi connectivity index (χ1v) is 2.63. The Hall–Kier alpha value is -1.64. The molecule has 0 aromatic rings. The number of rotatable bonds is 0. The molecular formula is C3F6N4O. The van der Waals surface area contributed by atoms with Crippen molar-refractivity contribution in [1.82, 2.24) is 4.90 Å². The third-order valence-corrected chi connectivity index (χ3v) is 0.829. The molecule has 0 rings (SSSR count). The van der Waals surface area contributed by atoms with E-state index in [1.165, 1.54) is 4.91 Å². The van der Waals surface area contributed by atoms with Crippen LogP contribution >= 0.6 is 0 Å². The lowest BCUT2D eigenvalue weighted by Gasteiger charge is -2.24. The molecule has 0 heterocycles. The molecule has 0 fully saturated rings. The molecule has 0 unspecified atom stereocenters. The van der Waals surface area contributed by atoms with Crippen LogP contribution in [-0.4, -0.2) is 23.5 Å². The molecule has 0 N–H and O–H groups in total. The van der Waals surface area contributed by atoms with Gasteiger partial charge in [0.15, 0.2) is 0 Å². The van der Waals surface area contributed by atoms with Crippen LogP contribution in [-0.2, 0) is 0 Å². The Bertz CT molecular complexity index is 260. The van der Waals surface area contributed by atoms with Crippen molar-refractivity contribution in [3.8, 4) is 0 Å². The van der Waals surface area contributed by atoms with E-state index in [9.17, 15) is 31.1 Å². The highest BCUT2D eigenvalue weighted by Crippen LogP contribution is 2.33. The van der Waals surface area contributed by atoms with Gasteiger partial charge in [-0.3, -0.25) is 4.79 Å². The smallest absolute Gasteiger partial charge is 0.267 e. The maximum Gasteiger partial charge on any atom is 0.494 e. The number of nitrogens with zero attached hydrogens (tertiary/aromatic N) is 4. The van der Waals surface area contributed by atoms with Crippen molar-refractivity contribution in [2.75, 3.05) is 0 Å². The third-order valence-electron chi connectivity index (χ3n) is 0.829. The van der Waals surface area contributed by atoms with Crippen molar-refractivity contribution in [3.63, 3.8) is 0 Å². The van der Waals surface area contributed by atoms with E-state index in [1.54, 1.807) is 5.11 Å². The summed E-state index contributed by atoms with van der Waals surface area (Å²) in [5.41, 5.74) is 7.49. The molecule has 0 aliphatic rings. The van der Waals surface area contributed by atoms with Crippen LogP contribution in [0.5, 0.6) is 0 Å². The average Bonchev–Trinajstić information content (AvgIpc) is 1.78. The topological polar surface area (TPSA) is 69.1 Å². The summed E-state index contributed by atoms with van der Waals surface area (Å²) in [6.45, 7) is 0. The van der Waals surface area contributed by atoms with Crippen LogP contribution in [0.4, 0.5) is 31.1 Å². The molecule has 2 amide bonds. The van der Waals surface area contributed by atoms with Gasteiger partial charge in [0.25, 0.3) is 0 Å². The van der Waals surface area contributed by atoms with Crippen LogP contribution in [0.1, 0.15) is 0 Å². The summed E-state index contributed by atoms with van der Waals surface area (Å²) >= 11 is 0. The van der Waals surface area contributed by atoms with Crippen molar-refractivity contribution in [2.45, 2.75) is 12.6 Å². The number of alkyl halides is 6. The minimum Gasteiger partial charge on any atom is -0.267 e. The Balaban J connectivity index is 5.13. The van der Waals surface area contributed by atoms with Crippen molar-refractivity contribution in [1.29, 1.82) is 0 Å². The Labute approximate surface area is 71.5 Å². The van der Waals surface area contributed by atoms with Gasteiger partial charge in [-0.2, -0.15) is 4.90 Å². The number of halogens is 6. The largest absolute Gasteiger partial charge is 0.494 e. The molecule has 0 radical (unpaired) electrons. The standard InChI is InChI=1S/C3F6N4O/c4-2(5,6)13(3(7,8)9)1(14)11-12-10. The molecule has 0 saturated carbocycles. The van der Waals surface area contributed by atoms with Gasteiger partial charge in [-0.25, -0.2) is 0 Å². The highest BCUT2D eigenvalue weighted by Gasteiger charge is 2.56. The van der Waals surface area contributed by atoms with E-state index in [0.29, 0.717) is 0 Å². The Morgan fingerprint density at radius 1 is 1.14 bits per heavy atom. The second-order valence-corrected chi connectivity index (χ2v) is 1.74. The molecule has 5 nitrogen and oxygen atoms in total. The SMILES string of the molecule is [N-]=[N+]=NC(=O)N(C(F)(F)F)C(F)(F)F. The van der Waals surface area contributed by atoms with Crippen molar-refractivity contribution in [2.24, 2.45) is 5.11 Å². The van der Waals surface area contributed by atoms with Crippen LogP contribution in [0, 0.1) is 0 Å². The van der Waals surface area contributed by atoms with E-state index >= 15 is 0 Å². The zero-order valence-electron chi connectivity index (χ0n) is 5.96. The lowest BCUT2D eigenvalue weighted by Crippen LogP contribution is -2.50. The van der Waals surface area contributed by atoms with Gasteiger partial charge < -0.3 is 0 Å². The number of hydrogen-bond acceptors (Lipinski definition) is 1. The summed E-state index contributed by atoms with van der Waals surface area (Å²) in [6.07, 6.45) is -12.0. The third kappa shape index (κ3) is 3.01. The summed E-state index contributed by atoms with van der Waals surface area (Å²) in [7, 11) is 0. The summed E-state index contributed by atoms with van der Waals surface area (Å²) in [5, 5.41) is 1.69. The number of amides is 2. The quantitative estimate of drug-likeness (QED) is 0.204. The number of urea groups is 1. The fourth-order valence-corrected chi connectivity index (χ4v) is 0.444. The Morgan fingerprint density at radius 2 is 1.50 bits per heavy atom. The van der Waals surface area contributed by atoms with Gasteiger partial charge in [0, 0.05) is 10.0 Å². The minimum atomic E-state index is -5.98. The fourth-order valence-electron chi connectivity index (χ4n) is 0.444. The first-order valence-electron chi connectivity index (χ1n) is 2.63. The van der Waals surface area contributed by atoms with Gasteiger partial charge in [-0.1, -0.05) is 0 Å². The maximum absolute atomic E-state index is 11.6. The number of azide groups is 1. The highest BCUT2D eigenvalue weighted by molar-refractivity contribution is 5.75. The van der Waals surface area contributed by atoms with E-state index < -0.39 is 23.5 Å². The first kappa shape index (κ1) is 12.4. The zero-order chi connectivity index (χ0) is 11.6. The van der Waals surface area contributed by atoms with Crippen LogP contribution in [0.2, 0.25) is 0 Å². The number of carbonyl (C=O) groups excluding carboxylic acids is 1. The number of carbonyl (C=O) groups is 1. The molecule has 80 valence electrons. The normalized spacial score (nSPS) is 11.9. The molecule has 0 bridgehead atoms. The average molecular weight is 222 g/mol. The van der Waals surface area contributed by atoms with Crippen molar-refractivity contribution < 1.29 is 31.1 Å². The molecule has 0 spiro atoms. The molecule has 0 aliphatic carbocycles. The second kappa shape index (κ2) is 3.62. The fraction of sp³-hybridized carbons (Fsp3) is 0.667. The molecule has 0 saturated heterocycles. The van der Waals surface area contributed by atoms with Crippen LogP contribution < -0.4 is 0 Å². The van der Waals surface area contributed by atoms with Crippen LogP contribution in [0.3, 0.4) is 0 Å². The van der Waals surface area contributed by atoms with E-state index in [0.717, 1.165) is 0 Å². The predicted molar refractivity (Wildman–Crippen MR) is 28.5 cm³/mol. The number of hydrogen-bond donors (Lipinski definition) is 0. The summed E-state index contributed by atoms with van der Waals surface area (Å²) in [4.78, 5) is 9.19. The lowest BCUT2D eigenvalue weighted by molar-refractivity contribution is -0.347. The molecule has 0 aromatic carbocycles. The van der Waals surface area contributed by atoms with E-state index in [4.69, 9.17) is 5.53 Å². The van der Waals surface area contributed by atoms with Gasteiger partial charge in [0.1, 0.15) is 0 Å². The van der Waals surface area contributed by atoms with Crippen molar-refractivity contribution in [3.05, 3.63) is 10.4 Å². The van der Waals surface area contributed by atoms with E-state index in [1.807, 2.05) is 0 Å². The molecule has 0 aromatic heterocycles. The van der Waals surface area contributed by atoms with Crippen LogP contribution in [0.25, 0.3) is 10.4 Å².